The van der Waals surface area contributed by atoms with E-state index in [9.17, 15) is 13.2 Å². The van der Waals surface area contributed by atoms with Gasteiger partial charge in [0.25, 0.3) is 0 Å². The maximum Gasteiger partial charge on any atom is 0.416 e. The second-order valence-electron chi connectivity index (χ2n) is 4.99. The van der Waals surface area contributed by atoms with Gasteiger partial charge >= 0.3 is 6.18 Å². The topological polar surface area (TPSA) is 15.3 Å². The third-order valence-corrected chi connectivity index (χ3v) is 3.62. The monoisotopic (exact) mass is 288 g/mol. The summed E-state index contributed by atoms with van der Waals surface area (Å²) in [4.78, 5) is 1.88. The summed E-state index contributed by atoms with van der Waals surface area (Å²) in [6, 6.07) is 4.78. The summed E-state index contributed by atoms with van der Waals surface area (Å²) >= 11 is 0. The van der Waals surface area contributed by atoms with E-state index in [1.807, 2.05) is 32.7 Å². The van der Waals surface area contributed by atoms with Gasteiger partial charge in [0.15, 0.2) is 0 Å². The molecular formula is C15H23F3N2. The Morgan fingerprint density at radius 2 is 1.90 bits per heavy atom. The first-order chi connectivity index (χ1) is 9.31. The van der Waals surface area contributed by atoms with Crippen LogP contribution in [0.15, 0.2) is 18.2 Å². The molecule has 0 aliphatic heterocycles. The molecule has 1 rings (SSSR count). The molecule has 0 radical (unpaired) electrons. The van der Waals surface area contributed by atoms with E-state index >= 15 is 0 Å². The number of hydrogen-bond donors (Lipinski definition) is 1. The Morgan fingerprint density at radius 3 is 2.40 bits per heavy atom. The van der Waals surface area contributed by atoms with Crippen molar-refractivity contribution in [2.45, 2.75) is 46.0 Å². The second-order valence-corrected chi connectivity index (χ2v) is 4.99. The first-order valence-corrected chi connectivity index (χ1v) is 6.94. The highest BCUT2D eigenvalue weighted by atomic mass is 19.4. The van der Waals surface area contributed by atoms with E-state index in [0.29, 0.717) is 17.8 Å². The van der Waals surface area contributed by atoms with E-state index in [1.54, 1.807) is 12.1 Å². The van der Waals surface area contributed by atoms with E-state index < -0.39 is 11.7 Å². The minimum atomic E-state index is -4.32. The molecule has 0 saturated carbocycles. The van der Waals surface area contributed by atoms with Gasteiger partial charge in [-0.2, -0.15) is 13.2 Å². The Bertz CT molecular complexity index is 430. The highest BCUT2D eigenvalue weighted by molar-refractivity contribution is 5.52. The average Bonchev–Trinajstić information content (AvgIpc) is 2.42. The largest absolute Gasteiger partial charge is 0.416 e. The number of nitrogens with zero attached hydrogens (tertiary/aromatic N) is 1. The Kier molecular flexibility index (Phi) is 5.87. The highest BCUT2D eigenvalue weighted by Gasteiger charge is 2.33. The first-order valence-electron chi connectivity index (χ1n) is 6.94. The lowest BCUT2D eigenvalue weighted by Crippen LogP contribution is -2.28. The van der Waals surface area contributed by atoms with Gasteiger partial charge < -0.3 is 10.2 Å². The van der Waals surface area contributed by atoms with Gasteiger partial charge in [0.05, 0.1) is 5.56 Å². The van der Waals surface area contributed by atoms with E-state index in [4.69, 9.17) is 0 Å². The zero-order valence-electron chi connectivity index (χ0n) is 12.5. The van der Waals surface area contributed by atoms with Crippen LogP contribution < -0.4 is 10.2 Å². The van der Waals surface area contributed by atoms with Crippen molar-refractivity contribution in [2.75, 3.05) is 18.5 Å². The molecule has 114 valence electrons. The Hall–Kier alpha value is -1.23. The molecule has 2 nitrogen and oxygen atoms in total. The summed E-state index contributed by atoms with van der Waals surface area (Å²) in [6.45, 7) is 6.77. The summed E-state index contributed by atoms with van der Waals surface area (Å²) in [5.41, 5.74) is 0.346. The van der Waals surface area contributed by atoms with Crippen LogP contribution in [0.5, 0.6) is 0 Å². The molecule has 1 aromatic carbocycles. The molecule has 1 aromatic rings. The molecule has 0 amide bonds. The van der Waals surface area contributed by atoms with Crippen molar-refractivity contribution in [1.29, 1.82) is 0 Å². The van der Waals surface area contributed by atoms with Crippen molar-refractivity contribution in [3.05, 3.63) is 29.3 Å². The molecule has 0 spiro atoms. The fraction of sp³-hybridized carbons (Fsp3) is 0.600. The normalized spacial score (nSPS) is 13.3. The Labute approximate surface area is 119 Å². The maximum absolute atomic E-state index is 13.2. The van der Waals surface area contributed by atoms with Crippen molar-refractivity contribution in [1.82, 2.24) is 5.32 Å². The van der Waals surface area contributed by atoms with Crippen molar-refractivity contribution in [3.8, 4) is 0 Å². The number of alkyl halides is 3. The van der Waals surface area contributed by atoms with Crippen molar-refractivity contribution in [2.24, 2.45) is 0 Å². The third-order valence-electron chi connectivity index (χ3n) is 3.62. The maximum atomic E-state index is 13.2. The zero-order chi connectivity index (χ0) is 15.3. The van der Waals surface area contributed by atoms with Crippen LogP contribution in [0.3, 0.4) is 0 Å². The molecule has 0 fully saturated rings. The molecule has 1 atom stereocenters. The predicted molar refractivity (Wildman–Crippen MR) is 77.0 cm³/mol. The summed E-state index contributed by atoms with van der Waals surface area (Å²) < 4.78 is 39.5. The van der Waals surface area contributed by atoms with E-state index in [1.165, 1.54) is 6.07 Å². The van der Waals surface area contributed by atoms with Crippen LogP contribution in [0.4, 0.5) is 18.9 Å². The minimum absolute atomic E-state index is 0.204. The van der Waals surface area contributed by atoms with Crippen LogP contribution in [-0.4, -0.2) is 19.6 Å². The predicted octanol–water partition coefficient (Wildman–Crippen LogP) is 4.05. The van der Waals surface area contributed by atoms with Crippen LogP contribution in [0.1, 0.15) is 38.3 Å². The summed E-state index contributed by atoms with van der Waals surface area (Å²) in [7, 11) is 1.83. The number of halogens is 3. The van der Waals surface area contributed by atoms with Crippen molar-refractivity contribution < 1.29 is 13.2 Å². The van der Waals surface area contributed by atoms with Gasteiger partial charge in [-0.25, -0.2) is 0 Å². The Balaban J connectivity index is 3.14. The smallest absolute Gasteiger partial charge is 0.372 e. The highest BCUT2D eigenvalue weighted by Crippen LogP contribution is 2.35. The number of anilines is 1. The van der Waals surface area contributed by atoms with Crippen LogP contribution in [0.25, 0.3) is 0 Å². The van der Waals surface area contributed by atoms with Crippen LogP contribution in [0, 0.1) is 0 Å². The fourth-order valence-electron chi connectivity index (χ4n) is 1.99. The van der Waals surface area contributed by atoms with Gasteiger partial charge in [-0.05, 0) is 37.6 Å². The number of rotatable bonds is 6. The summed E-state index contributed by atoms with van der Waals surface area (Å²) in [5, 5.41) is 2.95. The summed E-state index contributed by atoms with van der Waals surface area (Å²) in [6.07, 6.45) is -3.44. The SMILES string of the molecule is CCNCc1ccc(N(C)C(C)CC)cc1C(F)(F)F. The average molecular weight is 288 g/mol. The van der Waals surface area contributed by atoms with Crippen molar-refractivity contribution in [3.63, 3.8) is 0 Å². The number of benzene rings is 1. The van der Waals surface area contributed by atoms with Crippen LogP contribution in [-0.2, 0) is 12.7 Å². The molecule has 5 heteroatoms. The number of hydrogen-bond acceptors (Lipinski definition) is 2. The molecule has 0 aromatic heterocycles. The molecule has 20 heavy (non-hydrogen) atoms. The molecule has 1 unspecified atom stereocenters. The van der Waals surface area contributed by atoms with Crippen LogP contribution >= 0.6 is 0 Å². The second kappa shape index (κ2) is 6.97. The molecule has 0 aliphatic carbocycles. The molecule has 0 heterocycles. The quantitative estimate of drug-likeness (QED) is 0.849. The van der Waals surface area contributed by atoms with Gasteiger partial charge in [0.1, 0.15) is 0 Å². The third kappa shape index (κ3) is 4.13. The first kappa shape index (κ1) is 16.8. The lowest BCUT2D eigenvalue weighted by atomic mass is 10.0. The van der Waals surface area contributed by atoms with E-state index in [2.05, 4.69) is 5.32 Å². The minimum Gasteiger partial charge on any atom is -0.372 e. The lowest BCUT2D eigenvalue weighted by molar-refractivity contribution is -0.138. The fourth-order valence-corrected chi connectivity index (χ4v) is 1.99. The van der Waals surface area contributed by atoms with Gasteiger partial charge in [-0.1, -0.05) is 19.9 Å². The number of nitrogens with one attached hydrogen (secondary N) is 1. The summed E-state index contributed by atoms with van der Waals surface area (Å²) in [5.74, 6) is 0. The Morgan fingerprint density at radius 1 is 1.25 bits per heavy atom. The molecule has 0 aliphatic rings. The van der Waals surface area contributed by atoms with Gasteiger partial charge in [-0.3, -0.25) is 0 Å². The molecule has 1 N–H and O–H groups in total. The lowest BCUT2D eigenvalue weighted by Gasteiger charge is -2.27. The zero-order valence-corrected chi connectivity index (χ0v) is 12.5. The van der Waals surface area contributed by atoms with Crippen molar-refractivity contribution >= 4 is 5.69 Å². The van der Waals surface area contributed by atoms with Crippen LogP contribution in [0.2, 0.25) is 0 Å². The molecular weight excluding hydrogens is 265 g/mol. The van der Waals surface area contributed by atoms with Gasteiger partial charge in [0.2, 0.25) is 0 Å². The standard InChI is InChI=1S/C15H23F3N2/c1-5-11(3)20(4)13-8-7-12(10-19-6-2)14(9-13)15(16,17)18/h7-9,11,19H,5-6,10H2,1-4H3. The van der Waals surface area contributed by atoms with Gasteiger partial charge in [-0.15, -0.1) is 0 Å². The molecule has 0 saturated heterocycles. The van der Waals surface area contributed by atoms with E-state index in [0.717, 1.165) is 6.42 Å². The molecule has 0 bridgehead atoms. The van der Waals surface area contributed by atoms with Gasteiger partial charge in [0, 0.05) is 25.3 Å². The van der Waals surface area contributed by atoms with E-state index in [-0.39, 0.29) is 12.6 Å².